The van der Waals surface area contributed by atoms with Gasteiger partial charge in [0, 0.05) is 17.0 Å². The zero-order valence-corrected chi connectivity index (χ0v) is 17.4. The third kappa shape index (κ3) is 6.96. The lowest BCUT2D eigenvalue weighted by molar-refractivity contribution is -0.192. The summed E-state index contributed by atoms with van der Waals surface area (Å²) in [6.07, 6.45) is -4.25. The second kappa shape index (κ2) is 10.5. The van der Waals surface area contributed by atoms with Crippen molar-refractivity contribution in [1.82, 2.24) is 15.5 Å². The van der Waals surface area contributed by atoms with E-state index in [4.69, 9.17) is 30.8 Å². The molecule has 0 saturated carbocycles. The molecule has 0 amide bonds. The van der Waals surface area contributed by atoms with Gasteiger partial charge < -0.3 is 19.7 Å². The Hall–Kier alpha value is -3.11. The molecular weight excluding hydrogens is 451 g/mol. The molecule has 0 aliphatic carbocycles. The predicted molar refractivity (Wildman–Crippen MR) is 109 cm³/mol. The summed E-state index contributed by atoms with van der Waals surface area (Å²) in [5, 5.41) is 15.1. The van der Waals surface area contributed by atoms with E-state index in [2.05, 4.69) is 15.5 Å². The number of aliphatic carboxylic acids is 1. The van der Waals surface area contributed by atoms with Gasteiger partial charge >= 0.3 is 12.1 Å². The predicted octanol–water partition coefficient (Wildman–Crippen LogP) is 4.36. The van der Waals surface area contributed by atoms with E-state index in [0.717, 1.165) is 36.4 Å². The molecule has 1 aliphatic heterocycles. The van der Waals surface area contributed by atoms with Crippen molar-refractivity contribution in [3.05, 3.63) is 65.0 Å². The summed E-state index contributed by atoms with van der Waals surface area (Å²) >= 11 is 5.98. The van der Waals surface area contributed by atoms with Crippen LogP contribution in [0.3, 0.4) is 0 Å². The van der Waals surface area contributed by atoms with Gasteiger partial charge in [0.2, 0.25) is 11.7 Å². The molecule has 0 atom stereocenters. The summed E-state index contributed by atoms with van der Waals surface area (Å²) in [5.74, 6) is -0.0532. The van der Waals surface area contributed by atoms with Crippen LogP contribution >= 0.6 is 11.6 Å². The second-order valence-electron chi connectivity index (χ2n) is 6.99. The summed E-state index contributed by atoms with van der Waals surface area (Å²) < 4.78 is 42.9. The number of hydrogen-bond acceptors (Lipinski definition) is 6. The molecule has 1 fully saturated rings. The molecule has 7 nitrogen and oxygen atoms in total. The van der Waals surface area contributed by atoms with Crippen LogP contribution in [0.4, 0.5) is 13.2 Å². The number of carboxylic acid groups (broad SMARTS) is 1. The third-order valence-corrected chi connectivity index (χ3v) is 4.68. The van der Waals surface area contributed by atoms with Crippen LogP contribution < -0.4 is 10.1 Å². The van der Waals surface area contributed by atoms with Crippen LogP contribution in [-0.4, -0.2) is 40.5 Å². The van der Waals surface area contributed by atoms with Crippen molar-refractivity contribution in [2.24, 2.45) is 5.92 Å². The number of alkyl halides is 3. The van der Waals surface area contributed by atoms with Gasteiger partial charge in [0.25, 0.3) is 0 Å². The fourth-order valence-electron chi connectivity index (χ4n) is 2.69. The number of nitrogens with zero attached hydrogens (tertiary/aromatic N) is 2. The molecule has 2 aromatic carbocycles. The molecule has 0 bridgehead atoms. The van der Waals surface area contributed by atoms with Crippen molar-refractivity contribution >= 4 is 17.6 Å². The van der Waals surface area contributed by atoms with Crippen LogP contribution in [0.15, 0.2) is 53.1 Å². The topological polar surface area (TPSA) is 97.5 Å². The molecule has 3 aromatic rings. The molecule has 11 heteroatoms. The monoisotopic (exact) mass is 469 g/mol. The quantitative estimate of drug-likeness (QED) is 0.553. The third-order valence-electron chi connectivity index (χ3n) is 4.45. The first-order valence-electron chi connectivity index (χ1n) is 9.52. The van der Waals surface area contributed by atoms with E-state index in [1.165, 1.54) is 0 Å². The van der Waals surface area contributed by atoms with Crippen LogP contribution in [0.1, 0.15) is 11.5 Å². The summed E-state index contributed by atoms with van der Waals surface area (Å²) in [4.78, 5) is 13.4. The minimum Gasteiger partial charge on any atom is -0.489 e. The maximum Gasteiger partial charge on any atom is 0.490 e. The van der Waals surface area contributed by atoms with E-state index in [-0.39, 0.29) is 0 Å². The normalized spacial score (nSPS) is 13.6. The average Bonchev–Trinajstić information content (AvgIpc) is 3.18. The minimum absolute atomic E-state index is 0.474. The molecule has 0 radical (unpaired) electrons. The van der Waals surface area contributed by atoms with Gasteiger partial charge in [-0.3, -0.25) is 0 Å². The smallest absolute Gasteiger partial charge is 0.489 e. The number of rotatable bonds is 6. The van der Waals surface area contributed by atoms with Gasteiger partial charge in [-0.05, 0) is 61.0 Å². The molecule has 1 aromatic heterocycles. The largest absolute Gasteiger partial charge is 0.490 e. The number of nitrogens with one attached hydrogen (secondary N) is 1. The Morgan fingerprint density at radius 1 is 1.22 bits per heavy atom. The zero-order valence-electron chi connectivity index (χ0n) is 16.6. The fraction of sp³-hybridized carbons (Fsp3) is 0.286. The van der Waals surface area contributed by atoms with E-state index in [0.29, 0.717) is 29.3 Å². The maximum absolute atomic E-state index is 10.6. The standard InChI is InChI=1S/C19H18ClN3O2.C2HF3O2/c20-16-3-1-2-13(8-16)12-24-17-6-4-15(5-7-17)19-22-18(25-23-19)9-14-10-21-11-14;3-2(4,5)1(6)7/h1-8,14,21H,9-12H2;(H,6,7). The Kier molecular flexibility index (Phi) is 7.70. The van der Waals surface area contributed by atoms with E-state index >= 15 is 0 Å². The number of hydrogen-bond donors (Lipinski definition) is 2. The van der Waals surface area contributed by atoms with Crippen molar-refractivity contribution in [2.75, 3.05) is 13.1 Å². The first kappa shape index (κ1) is 23.6. The number of ether oxygens (including phenoxy) is 1. The zero-order chi connectivity index (χ0) is 23.1. The van der Waals surface area contributed by atoms with Crippen LogP contribution in [0.2, 0.25) is 5.02 Å². The molecule has 1 saturated heterocycles. The lowest BCUT2D eigenvalue weighted by Gasteiger charge is -2.25. The van der Waals surface area contributed by atoms with Gasteiger partial charge in [0.1, 0.15) is 12.4 Å². The number of aromatic nitrogens is 2. The molecule has 0 unspecified atom stereocenters. The number of carboxylic acids is 1. The molecule has 0 spiro atoms. The average molecular weight is 470 g/mol. The highest BCUT2D eigenvalue weighted by Crippen LogP contribution is 2.22. The van der Waals surface area contributed by atoms with Crippen molar-refractivity contribution in [1.29, 1.82) is 0 Å². The van der Waals surface area contributed by atoms with Crippen LogP contribution in [0, 0.1) is 5.92 Å². The maximum atomic E-state index is 10.6. The molecule has 4 rings (SSSR count). The lowest BCUT2D eigenvalue weighted by Crippen LogP contribution is -2.43. The number of carbonyl (C=O) groups is 1. The van der Waals surface area contributed by atoms with Crippen molar-refractivity contribution in [3.8, 4) is 17.1 Å². The number of halogens is 4. The Labute approximate surface area is 186 Å². The summed E-state index contributed by atoms with van der Waals surface area (Å²) in [7, 11) is 0. The molecule has 1 aliphatic rings. The van der Waals surface area contributed by atoms with Gasteiger partial charge in [-0.25, -0.2) is 4.79 Å². The Bertz CT molecular complexity index is 1040. The van der Waals surface area contributed by atoms with E-state index in [9.17, 15) is 13.2 Å². The molecule has 2 heterocycles. The Balaban J connectivity index is 0.000000360. The minimum atomic E-state index is -5.08. The fourth-order valence-corrected chi connectivity index (χ4v) is 2.90. The highest BCUT2D eigenvalue weighted by molar-refractivity contribution is 6.30. The van der Waals surface area contributed by atoms with E-state index in [1.807, 2.05) is 48.5 Å². The Morgan fingerprint density at radius 3 is 2.47 bits per heavy atom. The molecular formula is C21H19ClF3N3O4. The SMILES string of the molecule is Clc1cccc(COc2ccc(-c3noc(CC4CNC4)n3)cc2)c1.O=C(O)C(F)(F)F. The lowest BCUT2D eigenvalue weighted by atomic mass is 10.00. The van der Waals surface area contributed by atoms with E-state index in [1.54, 1.807) is 0 Å². The van der Waals surface area contributed by atoms with Crippen molar-refractivity contribution in [2.45, 2.75) is 19.2 Å². The van der Waals surface area contributed by atoms with E-state index < -0.39 is 12.1 Å². The first-order chi connectivity index (χ1) is 15.2. The van der Waals surface area contributed by atoms with Gasteiger partial charge in [-0.1, -0.05) is 28.9 Å². The second-order valence-corrected chi connectivity index (χ2v) is 7.42. The van der Waals surface area contributed by atoms with Gasteiger partial charge in [0.15, 0.2) is 0 Å². The first-order valence-corrected chi connectivity index (χ1v) is 9.89. The van der Waals surface area contributed by atoms with Crippen LogP contribution in [0.25, 0.3) is 11.4 Å². The summed E-state index contributed by atoms with van der Waals surface area (Å²) in [6, 6.07) is 15.3. The number of benzene rings is 2. The highest BCUT2D eigenvalue weighted by Gasteiger charge is 2.38. The van der Waals surface area contributed by atoms with Gasteiger partial charge in [-0.15, -0.1) is 0 Å². The van der Waals surface area contributed by atoms with Crippen LogP contribution in [0.5, 0.6) is 5.75 Å². The van der Waals surface area contributed by atoms with Crippen molar-refractivity contribution < 1.29 is 32.3 Å². The summed E-state index contributed by atoms with van der Waals surface area (Å²) in [6.45, 7) is 2.52. The molecule has 32 heavy (non-hydrogen) atoms. The van der Waals surface area contributed by atoms with Crippen molar-refractivity contribution in [3.63, 3.8) is 0 Å². The molecule has 2 N–H and O–H groups in total. The highest BCUT2D eigenvalue weighted by atomic mass is 35.5. The van der Waals surface area contributed by atoms with Crippen LogP contribution in [-0.2, 0) is 17.8 Å². The van der Waals surface area contributed by atoms with Gasteiger partial charge in [0.05, 0.1) is 0 Å². The Morgan fingerprint density at radius 2 is 1.91 bits per heavy atom. The summed E-state index contributed by atoms with van der Waals surface area (Å²) in [5.41, 5.74) is 1.95. The molecule has 170 valence electrons. The van der Waals surface area contributed by atoms with Gasteiger partial charge in [-0.2, -0.15) is 18.2 Å².